The Morgan fingerprint density at radius 3 is 2.19 bits per heavy atom. The van der Waals surface area contributed by atoms with Crippen molar-refractivity contribution in [1.29, 1.82) is 0 Å². The third kappa shape index (κ3) is 3.59. The zero-order valence-corrected chi connectivity index (χ0v) is 10.8. The standard InChI is InChI=1S/C14H9F2NO4/c1-20-14(18)8-2-11(17-19)7-12(3-8)21-13-5-9(15)4-10(16)6-13/h2-7H,1H3. The molecule has 0 atom stereocenters. The number of rotatable bonds is 4. The van der Waals surface area contributed by atoms with E-state index in [1.807, 2.05) is 0 Å². The van der Waals surface area contributed by atoms with Gasteiger partial charge in [0.1, 0.15) is 28.8 Å². The molecule has 0 radical (unpaired) electrons. The molecule has 7 heteroatoms. The second-order valence-electron chi connectivity index (χ2n) is 4.01. The van der Waals surface area contributed by atoms with Gasteiger partial charge in [0, 0.05) is 24.3 Å². The summed E-state index contributed by atoms with van der Waals surface area (Å²) in [4.78, 5) is 22.1. The first kappa shape index (κ1) is 14.6. The molecule has 0 fully saturated rings. The number of ether oxygens (including phenoxy) is 2. The van der Waals surface area contributed by atoms with Crippen LogP contribution in [-0.2, 0) is 4.74 Å². The minimum Gasteiger partial charge on any atom is -0.465 e. The van der Waals surface area contributed by atoms with E-state index < -0.39 is 17.6 Å². The summed E-state index contributed by atoms with van der Waals surface area (Å²) in [6, 6.07) is 6.31. The van der Waals surface area contributed by atoms with Gasteiger partial charge in [-0.25, -0.2) is 13.6 Å². The molecule has 0 amide bonds. The van der Waals surface area contributed by atoms with Crippen molar-refractivity contribution in [3.05, 3.63) is 58.5 Å². The summed E-state index contributed by atoms with van der Waals surface area (Å²) < 4.78 is 35.9. The average molecular weight is 293 g/mol. The third-order valence-corrected chi connectivity index (χ3v) is 2.49. The number of esters is 1. The van der Waals surface area contributed by atoms with Gasteiger partial charge >= 0.3 is 5.97 Å². The molecule has 108 valence electrons. The zero-order chi connectivity index (χ0) is 15.4. The van der Waals surface area contributed by atoms with Gasteiger partial charge in [0.25, 0.3) is 0 Å². The van der Waals surface area contributed by atoms with Crippen LogP contribution >= 0.6 is 0 Å². The van der Waals surface area contributed by atoms with Crippen LogP contribution in [0.3, 0.4) is 0 Å². The first-order valence-corrected chi connectivity index (χ1v) is 5.72. The number of methoxy groups -OCH3 is 1. The van der Waals surface area contributed by atoms with Crippen LogP contribution in [-0.4, -0.2) is 13.1 Å². The van der Waals surface area contributed by atoms with Crippen LogP contribution in [0.1, 0.15) is 10.4 Å². The van der Waals surface area contributed by atoms with Crippen LogP contribution in [0.25, 0.3) is 0 Å². The molecule has 0 N–H and O–H groups in total. The molecule has 2 aromatic rings. The summed E-state index contributed by atoms with van der Waals surface area (Å²) in [6.07, 6.45) is 0. The van der Waals surface area contributed by atoms with Crippen molar-refractivity contribution < 1.29 is 23.0 Å². The fourth-order valence-electron chi connectivity index (χ4n) is 1.65. The molecule has 0 aliphatic carbocycles. The van der Waals surface area contributed by atoms with Gasteiger partial charge in [-0.05, 0) is 17.3 Å². The van der Waals surface area contributed by atoms with Crippen LogP contribution in [0.15, 0.2) is 41.6 Å². The predicted octanol–water partition coefficient (Wildman–Crippen LogP) is 3.94. The number of nitroso groups, excluding NO2 is 1. The largest absolute Gasteiger partial charge is 0.465 e. The van der Waals surface area contributed by atoms with Crippen molar-refractivity contribution >= 4 is 11.7 Å². The lowest BCUT2D eigenvalue weighted by atomic mass is 10.2. The van der Waals surface area contributed by atoms with E-state index in [0.29, 0.717) is 6.07 Å². The summed E-state index contributed by atoms with van der Waals surface area (Å²) in [7, 11) is 1.17. The normalized spacial score (nSPS) is 10.0. The van der Waals surface area contributed by atoms with Crippen LogP contribution in [0, 0.1) is 16.5 Å². The number of hydrogen-bond donors (Lipinski definition) is 0. The summed E-state index contributed by atoms with van der Waals surface area (Å²) in [5.74, 6) is -2.43. The van der Waals surface area contributed by atoms with E-state index in [2.05, 4.69) is 9.91 Å². The number of benzene rings is 2. The molecule has 0 bridgehead atoms. The fourth-order valence-corrected chi connectivity index (χ4v) is 1.65. The monoisotopic (exact) mass is 293 g/mol. The number of halogens is 2. The van der Waals surface area contributed by atoms with Crippen molar-refractivity contribution in [2.24, 2.45) is 5.18 Å². The molecular formula is C14H9F2NO4. The third-order valence-electron chi connectivity index (χ3n) is 2.49. The van der Waals surface area contributed by atoms with Gasteiger partial charge in [-0.3, -0.25) is 0 Å². The van der Waals surface area contributed by atoms with E-state index in [0.717, 1.165) is 12.1 Å². The van der Waals surface area contributed by atoms with E-state index >= 15 is 0 Å². The molecular weight excluding hydrogens is 284 g/mol. The van der Waals surface area contributed by atoms with Gasteiger partial charge in [-0.1, -0.05) is 0 Å². The smallest absolute Gasteiger partial charge is 0.338 e. The van der Waals surface area contributed by atoms with Crippen LogP contribution < -0.4 is 4.74 Å². The maximum Gasteiger partial charge on any atom is 0.338 e. The molecule has 21 heavy (non-hydrogen) atoms. The first-order valence-electron chi connectivity index (χ1n) is 5.72. The molecule has 0 heterocycles. The molecule has 0 saturated heterocycles. The zero-order valence-electron chi connectivity index (χ0n) is 10.8. The van der Waals surface area contributed by atoms with E-state index in [-0.39, 0.29) is 22.7 Å². The number of carbonyl (C=O) groups is 1. The lowest BCUT2D eigenvalue weighted by Gasteiger charge is -2.08. The van der Waals surface area contributed by atoms with E-state index in [1.54, 1.807) is 0 Å². The lowest BCUT2D eigenvalue weighted by molar-refractivity contribution is 0.0600. The highest BCUT2D eigenvalue weighted by Gasteiger charge is 2.11. The lowest BCUT2D eigenvalue weighted by Crippen LogP contribution is -2.01. The Kier molecular flexibility index (Phi) is 4.22. The second kappa shape index (κ2) is 6.08. The first-order chi connectivity index (χ1) is 10.0. The Labute approximate surface area is 118 Å². The molecule has 0 saturated carbocycles. The molecule has 2 aromatic carbocycles. The summed E-state index contributed by atoms with van der Waals surface area (Å²) in [5, 5.41) is 2.70. The molecule has 0 spiro atoms. The van der Waals surface area contributed by atoms with E-state index in [4.69, 9.17) is 4.74 Å². The quantitative estimate of drug-likeness (QED) is 0.632. The molecule has 0 unspecified atom stereocenters. The van der Waals surface area contributed by atoms with Crippen molar-refractivity contribution in [1.82, 2.24) is 0 Å². The average Bonchev–Trinajstić information content (AvgIpc) is 2.44. The Bertz CT molecular complexity index is 683. The number of carbonyl (C=O) groups excluding carboxylic acids is 1. The minimum absolute atomic E-state index is 0.0255. The number of nitrogens with zero attached hydrogens (tertiary/aromatic N) is 1. The van der Waals surface area contributed by atoms with Crippen LogP contribution in [0.5, 0.6) is 11.5 Å². The minimum atomic E-state index is -0.817. The maximum atomic E-state index is 13.1. The fraction of sp³-hybridized carbons (Fsp3) is 0.0714. The highest BCUT2D eigenvalue weighted by molar-refractivity contribution is 5.90. The van der Waals surface area contributed by atoms with Crippen molar-refractivity contribution in [2.45, 2.75) is 0 Å². The number of hydrogen-bond acceptors (Lipinski definition) is 5. The Morgan fingerprint density at radius 1 is 1.00 bits per heavy atom. The second-order valence-corrected chi connectivity index (χ2v) is 4.01. The van der Waals surface area contributed by atoms with E-state index in [9.17, 15) is 18.5 Å². The van der Waals surface area contributed by atoms with Crippen molar-refractivity contribution in [2.75, 3.05) is 7.11 Å². The Balaban J connectivity index is 2.38. The molecule has 0 aliphatic rings. The summed E-state index contributed by atoms with van der Waals surface area (Å²) in [5.41, 5.74) is -0.0498. The maximum absolute atomic E-state index is 13.1. The SMILES string of the molecule is COC(=O)c1cc(N=O)cc(Oc2cc(F)cc(F)c2)c1. The molecule has 5 nitrogen and oxygen atoms in total. The predicted molar refractivity (Wildman–Crippen MR) is 69.7 cm³/mol. The highest BCUT2D eigenvalue weighted by Crippen LogP contribution is 2.28. The van der Waals surface area contributed by atoms with Crippen LogP contribution in [0.4, 0.5) is 14.5 Å². The van der Waals surface area contributed by atoms with Gasteiger partial charge in [0.2, 0.25) is 0 Å². The van der Waals surface area contributed by atoms with Crippen molar-refractivity contribution in [3.63, 3.8) is 0 Å². The van der Waals surface area contributed by atoms with Crippen LogP contribution in [0.2, 0.25) is 0 Å². The molecule has 0 aliphatic heterocycles. The van der Waals surface area contributed by atoms with Gasteiger partial charge < -0.3 is 9.47 Å². The van der Waals surface area contributed by atoms with Crippen molar-refractivity contribution in [3.8, 4) is 11.5 Å². The van der Waals surface area contributed by atoms with E-state index in [1.165, 1.54) is 25.3 Å². The molecule has 2 rings (SSSR count). The molecule has 0 aromatic heterocycles. The van der Waals surface area contributed by atoms with Gasteiger partial charge in [0.15, 0.2) is 0 Å². The van der Waals surface area contributed by atoms with Gasteiger partial charge in [0.05, 0.1) is 12.7 Å². The Hall–Kier alpha value is -2.83. The Morgan fingerprint density at radius 2 is 1.62 bits per heavy atom. The summed E-state index contributed by atoms with van der Waals surface area (Å²) >= 11 is 0. The topological polar surface area (TPSA) is 65.0 Å². The summed E-state index contributed by atoms with van der Waals surface area (Å²) in [6.45, 7) is 0. The van der Waals surface area contributed by atoms with Gasteiger partial charge in [-0.2, -0.15) is 0 Å². The highest BCUT2D eigenvalue weighted by atomic mass is 19.1. The van der Waals surface area contributed by atoms with Gasteiger partial charge in [-0.15, -0.1) is 4.91 Å².